The zero-order valence-electron chi connectivity index (χ0n) is 13.2. The largest absolute Gasteiger partial charge is 0.394 e. The molecule has 2 aliphatic rings. The van der Waals surface area contributed by atoms with Gasteiger partial charge >= 0.3 is 0 Å². The summed E-state index contributed by atoms with van der Waals surface area (Å²) in [6, 6.07) is 11.0. The van der Waals surface area contributed by atoms with Crippen LogP contribution < -0.4 is 0 Å². The Morgan fingerprint density at radius 1 is 1.19 bits per heavy atom. The highest BCUT2D eigenvalue weighted by Gasteiger charge is 2.40. The van der Waals surface area contributed by atoms with Crippen molar-refractivity contribution >= 4 is 0 Å². The Hall–Kier alpha value is -0.900. The monoisotopic (exact) mass is 289 g/mol. The van der Waals surface area contributed by atoms with Gasteiger partial charge in [-0.1, -0.05) is 44.2 Å². The number of benzene rings is 1. The quantitative estimate of drug-likeness (QED) is 0.926. The normalized spacial score (nSPS) is 30.6. The van der Waals surface area contributed by atoms with E-state index >= 15 is 0 Å². The van der Waals surface area contributed by atoms with Crippen LogP contribution in [0.2, 0.25) is 0 Å². The summed E-state index contributed by atoms with van der Waals surface area (Å²) in [6.45, 7) is 5.70. The lowest BCUT2D eigenvalue weighted by molar-refractivity contribution is -0.0384. The fourth-order valence-corrected chi connectivity index (χ4v) is 3.68. The smallest absolute Gasteiger partial charge is 0.137 e. The molecule has 0 unspecified atom stereocenters. The van der Waals surface area contributed by atoms with Crippen molar-refractivity contribution in [3.05, 3.63) is 35.9 Å². The highest BCUT2D eigenvalue weighted by Crippen LogP contribution is 2.41. The number of rotatable bonds is 3. The molecule has 1 N–H and O–H groups in total. The summed E-state index contributed by atoms with van der Waals surface area (Å²) in [5, 5.41) is 9.48. The number of hydrogen-bond acceptors (Lipinski definition) is 3. The second-order valence-corrected chi connectivity index (χ2v) is 7.30. The van der Waals surface area contributed by atoms with E-state index in [0.717, 1.165) is 6.54 Å². The van der Waals surface area contributed by atoms with E-state index in [2.05, 4.69) is 43.0 Å². The minimum Gasteiger partial charge on any atom is -0.394 e. The van der Waals surface area contributed by atoms with Crippen molar-refractivity contribution in [3.8, 4) is 0 Å². The van der Waals surface area contributed by atoms with Gasteiger partial charge in [0, 0.05) is 12.6 Å². The Kier molecular flexibility index (Phi) is 4.34. The van der Waals surface area contributed by atoms with Gasteiger partial charge in [-0.25, -0.2) is 0 Å². The Balaban J connectivity index is 1.75. The zero-order chi connectivity index (χ0) is 14.9. The van der Waals surface area contributed by atoms with Crippen LogP contribution in [0.3, 0.4) is 0 Å². The number of ether oxygens (including phenoxy) is 1. The molecule has 1 aromatic rings. The van der Waals surface area contributed by atoms with Crippen LogP contribution in [0.15, 0.2) is 30.3 Å². The molecule has 0 bridgehead atoms. The van der Waals surface area contributed by atoms with Gasteiger partial charge in [-0.3, -0.25) is 4.90 Å². The predicted molar refractivity (Wildman–Crippen MR) is 83.9 cm³/mol. The van der Waals surface area contributed by atoms with Crippen molar-refractivity contribution in [1.82, 2.24) is 4.90 Å². The van der Waals surface area contributed by atoms with E-state index in [0.29, 0.717) is 11.5 Å². The van der Waals surface area contributed by atoms with Gasteiger partial charge in [-0.15, -0.1) is 0 Å². The molecular weight excluding hydrogens is 262 g/mol. The number of aliphatic hydroxyl groups excluding tert-OH is 1. The van der Waals surface area contributed by atoms with Crippen LogP contribution >= 0.6 is 0 Å². The number of aliphatic hydroxyl groups is 1. The standard InChI is InChI=1S/C18H27NO2/c1-18(2)10-8-15(9-11-18)19-12-16(13-20)21-17(19)14-6-4-3-5-7-14/h3-7,15-17,20H,8-13H2,1-2H3/t16-,17+/m1/s1. The molecule has 3 nitrogen and oxygen atoms in total. The molecule has 0 radical (unpaired) electrons. The lowest BCUT2D eigenvalue weighted by Crippen LogP contribution is -2.40. The van der Waals surface area contributed by atoms with Gasteiger partial charge in [0.25, 0.3) is 0 Å². The van der Waals surface area contributed by atoms with Crippen LogP contribution in [0.25, 0.3) is 0 Å². The topological polar surface area (TPSA) is 32.7 Å². The molecular formula is C18H27NO2. The molecule has 21 heavy (non-hydrogen) atoms. The highest BCUT2D eigenvalue weighted by atomic mass is 16.5. The van der Waals surface area contributed by atoms with E-state index in [1.54, 1.807) is 0 Å². The Morgan fingerprint density at radius 2 is 1.86 bits per heavy atom. The summed E-state index contributed by atoms with van der Waals surface area (Å²) in [6.07, 6.45) is 4.98. The Labute approximate surface area is 127 Å². The molecule has 116 valence electrons. The van der Waals surface area contributed by atoms with Crippen molar-refractivity contribution in [2.24, 2.45) is 5.41 Å². The van der Waals surface area contributed by atoms with E-state index < -0.39 is 0 Å². The molecule has 0 aromatic heterocycles. The van der Waals surface area contributed by atoms with E-state index in [4.69, 9.17) is 4.74 Å². The van der Waals surface area contributed by atoms with Crippen LogP contribution in [-0.2, 0) is 4.74 Å². The first kappa shape index (κ1) is 15.0. The second-order valence-electron chi connectivity index (χ2n) is 7.30. The first-order chi connectivity index (χ1) is 10.1. The zero-order valence-corrected chi connectivity index (χ0v) is 13.2. The van der Waals surface area contributed by atoms with Gasteiger partial charge in [-0.05, 0) is 36.7 Å². The fourth-order valence-electron chi connectivity index (χ4n) is 3.68. The molecule has 1 aliphatic heterocycles. The summed E-state index contributed by atoms with van der Waals surface area (Å²) in [4.78, 5) is 2.48. The molecule has 1 heterocycles. The van der Waals surface area contributed by atoms with Gasteiger partial charge in [0.2, 0.25) is 0 Å². The third-order valence-corrected chi connectivity index (χ3v) is 5.10. The van der Waals surface area contributed by atoms with Crippen molar-refractivity contribution < 1.29 is 9.84 Å². The molecule has 1 saturated carbocycles. The molecule has 1 saturated heterocycles. The van der Waals surface area contributed by atoms with Crippen molar-refractivity contribution in [3.63, 3.8) is 0 Å². The first-order valence-corrected chi connectivity index (χ1v) is 8.16. The third-order valence-electron chi connectivity index (χ3n) is 5.10. The molecule has 1 aromatic carbocycles. The molecule has 0 spiro atoms. The molecule has 1 aliphatic carbocycles. The van der Waals surface area contributed by atoms with Gasteiger partial charge in [0.1, 0.15) is 6.23 Å². The summed E-state index contributed by atoms with van der Waals surface area (Å²) in [7, 11) is 0. The lowest BCUT2D eigenvalue weighted by Gasteiger charge is -2.40. The van der Waals surface area contributed by atoms with E-state index in [1.807, 2.05) is 6.07 Å². The predicted octanol–water partition coefficient (Wildman–Crippen LogP) is 3.35. The fraction of sp³-hybridized carbons (Fsp3) is 0.667. The minimum atomic E-state index is -0.0508. The summed E-state index contributed by atoms with van der Waals surface area (Å²) in [5.41, 5.74) is 1.69. The van der Waals surface area contributed by atoms with Crippen LogP contribution in [0.5, 0.6) is 0 Å². The molecule has 3 rings (SSSR count). The molecule has 2 atom stereocenters. The van der Waals surface area contributed by atoms with Gasteiger partial charge < -0.3 is 9.84 Å². The Morgan fingerprint density at radius 3 is 2.48 bits per heavy atom. The third kappa shape index (κ3) is 3.31. The maximum Gasteiger partial charge on any atom is 0.137 e. The van der Waals surface area contributed by atoms with Crippen LogP contribution in [0.4, 0.5) is 0 Å². The summed E-state index contributed by atoms with van der Waals surface area (Å²) < 4.78 is 6.09. The SMILES string of the molecule is CC1(C)CCC(N2C[C@H](CO)O[C@H]2c2ccccc2)CC1. The minimum absolute atomic E-state index is 0.00885. The van der Waals surface area contributed by atoms with Gasteiger partial charge in [-0.2, -0.15) is 0 Å². The summed E-state index contributed by atoms with van der Waals surface area (Å²) >= 11 is 0. The Bertz CT molecular complexity index is 450. The van der Waals surface area contributed by atoms with E-state index in [-0.39, 0.29) is 18.9 Å². The van der Waals surface area contributed by atoms with Crippen LogP contribution in [0, 0.1) is 5.41 Å². The lowest BCUT2D eigenvalue weighted by atomic mass is 9.75. The maximum absolute atomic E-state index is 9.48. The van der Waals surface area contributed by atoms with Crippen LogP contribution in [-0.4, -0.2) is 35.3 Å². The van der Waals surface area contributed by atoms with Crippen molar-refractivity contribution in [1.29, 1.82) is 0 Å². The number of hydrogen-bond donors (Lipinski definition) is 1. The summed E-state index contributed by atoms with van der Waals surface area (Å²) in [5.74, 6) is 0. The molecule has 0 amide bonds. The average molecular weight is 289 g/mol. The van der Waals surface area contributed by atoms with Crippen molar-refractivity contribution in [2.75, 3.05) is 13.2 Å². The molecule has 3 heteroatoms. The number of nitrogens with zero attached hydrogens (tertiary/aromatic N) is 1. The van der Waals surface area contributed by atoms with E-state index in [9.17, 15) is 5.11 Å². The average Bonchev–Trinajstić information content (AvgIpc) is 2.92. The first-order valence-electron chi connectivity index (χ1n) is 8.16. The van der Waals surface area contributed by atoms with Gasteiger partial charge in [0.05, 0.1) is 12.7 Å². The van der Waals surface area contributed by atoms with Gasteiger partial charge in [0.15, 0.2) is 0 Å². The maximum atomic E-state index is 9.48. The second kappa shape index (κ2) is 6.07. The van der Waals surface area contributed by atoms with Crippen molar-refractivity contribution in [2.45, 2.75) is 57.9 Å². The molecule has 2 fully saturated rings. The highest BCUT2D eigenvalue weighted by molar-refractivity contribution is 5.18. The van der Waals surface area contributed by atoms with Crippen LogP contribution in [0.1, 0.15) is 51.3 Å². The van der Waals surface area contributed by atoms with E-state index in [1.165, 1.54) is 31.2 Å².